The van der Waals surface area contributed by atoms with Crippen LogP contribution in [-0.4, -0.2) is 40.7 Å². The number of guanidine groups is 1. The highest BCUT2D eigenvalue weighted by atomic mass is 16.5. The van der Waals surface area contributed by atoms with Gasteiger partial charge in [0, 0.05) is 38.7 Å². The Hall–Kier alpha value is -3.35. The predicted octanol–water partition coefficient (Wildman–Crippen LogP) is 2.71. The first-order valence-electron chi connectivity index (χ1n) is 9.34. The van der Waals surface area contributed by atoms with E-state index in [-0.39, 0.29) is 0 Å². The van der Waals surface area contributed by atoms with Crippen molar-refractivity contribution in [2.45, 2.75) is 19.9 Å². The van der Waals surface area contributed by atoms with E-state index in [2.05, 4.69) is 31.7 Å². The summed E-state index contributed by atoms with van der Waals surface area (Å²) in [6, 6.07) is 13.9. The Bertz CT molecular complexity index is 873. The zero-order chi connectivity index (χ0) is 19.6. The smallest absolute Gasteiger partial charge is 0.191 e. The van der Waals surface area contributed by atoms with Crippen LogP contribution in [0, 0.1) is 6.92 Å². The van der Waals surface area contributed by atoms with Crippen molar-refractivity contribution in [3.8, 4) is 11.6 Å². The molecule has 28 heavy (non-hydrogen) atoms. The van der Waals surface area contributed by atoms with E-state index >= 15 is 0 Å². The fourth-order valence-electron chi connectivity index (χ4n) is 2.68. The van der Waals surface area contributed by atoms with E-state index in [4.69, 9.17) is 4.74 Å². The number of aliphatic imine (C=N–C) groups is 1. The second kappa shape index (κ2) is 10.1. The molecule has 0 spiro atoms. The molecule has 0 bridgehead atoms. The maximum absolute atomic E-state index is 5.69. The molecule has 3 rings (SSSR count). The minimum Gasteiger partial charge on any atom is -0.494 e. The van der Waals surface area contributed by atoms with Crippen molar-refractivity contribution < 1.29 is 4.74 Å². The lowest BCUT2D eigenvalue weighted by molar-refractivity contribution is 0.311. The predicted molar refractivity (Wildman–Crippen MR) is 111 cm³/mol. The third-order valence-electron chi connectivity index (χ3n) is 4.19. The van der Waals surface area contributed by atoms with Crippen LogP contribution in [0.15, 0.2) is 66.0 Å². The van der Waals surface area contributed by atoms with E-state index in [0.29, 0.717) is 13.2 Å². The molecule has 0 radical (unpaired) electrons. The molecule has 0 unspecified atom stereocenters. The van der Waals surface area contributed by atoms with Gasteiger partial charge in [0.15, 0.2) is 5.96 Å². The van der Waals surface area contributed by atoms with Gasteiger partial charge < -0.3 is 15.4 Å². The van der Waals surface area contributed by atoms with Crippen molar-refractivity contribution in [3.05, 3.63) is 72.4 Å². The summed E-state index contributed by atoms with van der Waals surface area (Å²) >= 11 is 0. The molecule has 2 N–H and O–H groups in total. The van der Waals surface area contributed by atoms with Gasteiger partial charge in [-0.25, -0.2) is 9.97 Å². The largest absolute Gasteiger partial charge is 0.494 e. The first kappa shape index (κ1) is 19.4. The van der Waals surface area contributed by atoms with Crippen LogP contribution in [0.1, 0.15) is 17.8 Å². The highest BCUT2D eigenvalue weighted by molar-refractivity contribution is 5.79. The molecule has 0 aliphatic heterocycles. The minimum absolute atomic E-state index is 0.649. The average molecular weight is 378 g/mol. The van der Waals surface area contributed by atoms with Crippen molar-refractivity contribution in [1.29, 1.82) is 0 Å². The maximum Gasteiger partial charge on any atom is 0.191 e. The van der Waals surface area contributed by atoms with Gasteiger partial charge >= 0.3 is 0 Å². The van der Waals surface area contributed by atoms with Crippen molar-refractivity contribution in [2.24, 2.45) is 4.99 Å². The second-order valence-electron chi connectivity index (χ2n) is 6.24. The Balaban J connectivity index is 1.38. The number of hydrogen-bond donors (Lipinski definition) is 2. The van der Waals surface area contributed by atoms with Crippen LogP contribution >= 0.6 is 0 Å². The molecule has 7 heteroatoms. The lowest BCUT2D eigenvalue weighted by Crippen LogP contribution is -2.37. The number of aryl methyl sites for hydroxylation is 1. The van der Waals surface area contributed by atoms with Gasteiger partial charge in [-0.2, -0.15) is 0 Å². The summed E-state index contributed by atoms with van der Waals surface area (Å²) in [5.41, 5.74) is 1.08. The molecular weight excluding hydrogens is 352 g/mol. The van der Waals surface area contributed by atoms with Crippen molar-refractivity contribution in [1.82, 2.24) is 25.2 Å². The molecule has 0 saturated carbocycles. The number of aromatic nitrogens is 3. The zero-order valence-electron chi connectivity index (χ0n) is 16.3. The molecule has 0 fully saturated rings. The summed E-state index contributed by atoms with van der Waals surface area (Å²) in [5.74, 6) is 3.43. The van der Waals surface area contributed by atoms with Gasteiger partial charge in [-0.1, -0.05) is 24.3 Å². The van der Waals surface area contributed by atoms with Crippen LogP contribution < -0.4 is 15.4 Å². The Morgan fingerprint density at radius 1 is 1.11 bits per heavy atom. The number of ether oxygens (including phenoxy) is 1. The molecule has 0 amide bonds. The van der Waals surface area contributed by atoms with Crippen LogP contribution in [-0.2, 0) is 6.54 Å². The van der Waals surface area contributed by atoms with Crippen molar-refractivity contribution in [2.75, 3.05) is 20.2 Å². The fraction of sp³-hybridized carbons (Fsp3) is 0.286. The summed E-state index contributed by atoms with van der Waals surface area (Å²) in [7, 11) is 1.76. The molecule has 1 aromatic carbocycles. The Kier molecular flexibility index (Phi) is 7.01. The Morgan fingerprint density at radius 3 is 2.64 bits per heavy atom. The number of benzene rings is 1. The third-order valence-corrected chi connectivity index (χ3v) is 4.19. The zero-order valence-corrected chi connectivity index (χ0v) is 16.3. The molecule has 0 saturated heterocycles. The second-order valence-corrected chi connectivity index (χ2v) is 6.24. The monoisotopic (exact) mass is 378 g/mol. The number of nitrogens with zero attached hydrogens (tertiary/aromatic N) is 4. The third kappa shape index (κ3) is 5.57. The number of imidazole rings is 1. The Morgan fingerprint density at radius 2 is 1.96 bits per heavy atom. The van der Waals surface area contributed by atoms with Gasteiger partial charge in [0.1, 0.15) is 17.4 Å². The van der Waals surface area contributed by atoms with Gasteiger partial charge in [-0.3, -0.25) is 9.56 Å². The number of pyridine rings is 1. The number of para-hydroxylation sites is 1. The lowest BCUT2D eigenvalue weighted by atomic mass is 10.3. The van der Waals surface area contributed by atoms with Crippen LogP contribution in [0.4, 0.5) is 0 Å². The molecule has 2 aromatic heterocycles. The normalized spacial score (nSPS) is 11.3. The molecule has 2 heterocycles. The molecule has 7 nitrogen and oxygen atoms in total. The van der Waals surface area contributed by atoms with Crippen LogP contribution in [0.5, 0.6) is 5.75 Å². The van der Waals surface area contributed by atoms with Crippen molar-refractivity contribution >= 4 is 5.96 Å². The first-order valence-corrected chi connectivity index (χ1v) is 9.34. The number of nitrogens with one attached hydrogen (secondary N) is 2. The summed E-state index contributed by atoms with van der Waals surface area (Å²) in [6.45, 7) is 4.05. The molecule has 3 aromatic rings. The van der Waals surface area contributed by atoms with Crippen LogP contribution in [0.2, 0.25) is 0 Å². The van der Waals surface area contributed by atoms with Gasteiger partial charge in [-0.05, 0) is 37.1 Å². The molecule has 0 atom stereocenters. The van der Waals surface area contributed by atoms with Crippen LogP contribution in [0.25, 0.3) is 5.82 Å². The van der Waals surface area contributed by atoms with Gasteiger partial charge in [0.25, 0.3) is 0 Å². The Labute approximate surface area is 165 Å². The SMILES string of the molecule is CN=C(NCCCOc1ccccc1)NCc1ccc(-n2ccnc2C)nc1. The van der Waals surface area contributed by atoms with E-state index in [9.17, 15) is 0 Å². The summed E-state index contributed by atoms with van der Waals surface area (Å²) in [6.07, 6.45) is 6.43. The van der Waals surface area contributed by atoms with Crippen molar-refractivity contribution in [3.63, 3.8) is 0 Å². The highest BCUT2D eigenvalue weighted by Gasteiger charge is 2.03. The quantitative estimate of drug-likeness (QED) is 0.358. The minimum atomic E-state index is 0.649. The lowest BCUT2D eigenvalue weighted by Gasteiger charge is -2.12. The molecule has 0 aliphatic carbocycles. The summed E-state index contributed by atoms with van der Waals surface area (Å²) in [5, 5.41) is 6.59. The van der Waals surface area contributed by atoms with Gasteiger partial charge in [0.2, 0.25) is 0 Å². The molecular formula is C21H26N6O. The summed E-state index contributed by atoms with van der Waals surface area (Å²) < 4.78 is 7.64. The standard InChI is InChI=1S/C21H26N6O/c1-17-23-12-13-27(17)20-10-9-18(15-25-20)16-26-21(22-2)24-11-6-14-28-19-7-4-3-5-8-19/h3-5,7-10,12-13,15H,6,11,14,16H2,1-2H3,(H2,22,24,26). The van der Waals surface area contributed by atoms with E-state index in [1.165, 1.54) is 0 Å². The fourth-order valence-corrected chi connectivity index (χ4v) is 2.68. The topological polar surface area (TPSA) is 76.4 Å². The van der Waals surface area contributed by atoms with E-state index in [1.807, 2.05) is 60.3 Å². The van der Waals surface area contributed by atoms with E-state index in [1.54, 1.807) is 13.2 Å². The first-order chi connectivity index (χ1) is 13.8. The van der Waals surface area contributed by atoms with E-state index in [0.717, 1.165) is 41.9 Å². The maximum atomic E-state index is 5.69. The van der Waals surface area contributed by atoms with Crippen LogP contribution in [0.3, 0.4) is 0 Å². The van der Waals surface area contributed by atoms with E-state index < -0.39 is 0 Å². The highest BCUT2D eigenvalue weighted by Crippen LogP contribution is 2.09. The van der Waals surface area contributed by atoms with Gasteiger partial charge in [0.05, 0.1) is 6.61 Å². The number of rotatable bonds is 8. The molecule has 0 aliphatic rings. The molecule has 146 valence electrons. The van der Waals surface area contributed by atoms with Gasteiger partial charge in [-0.15, -0.1) is 0 Å². The summed E-state index contributed by atoms with van der Waals surface area (Å²) in [4.78, 5) is 13.0. The average Bonchev–Trinajstić information content (AvgIpc) is 3.17. The number of hydrogen-bond acceptors (Lipinski definition) is 4.